The van der Waals surface area contributed by atoms with Crippen LogP contribution in [0, 0.1) is 5.92 Å². The summed E-state index contributed by atoms with van der Waals surface area (Å²) < 4.78 is 5.58. The minimum absolute atomic E-state index is 0.639. The van der Waals surface area contributed by atoms with E-state index in [0.717, 1.165) is 5.92 Å². The maximum absolute atomic E-state index is 5.58. The molecule has 2 fully saturated rings. The highest BCUT2D eigenvalue weighted by molar-refractivity contribution is 4.86. The molecule has 3 atom stereocenters. The van der Waals surface area contributed by atoms with Crippen LogP contribution in [0.5, 0.6) is 0 Å². The standard InChI is InChI=1S/C7H12O/c1-5-4-6-2-3-7(5)8-6/h5-7H,2-4H2,1H3/t5-,6+,7-/m1/s1. The number of rotatable bonds is 0. The molecule has 0 saturated carbocycles. The van der Waals surface area contributed by atoms with Crippen molar-refractivity contribution < 1.29 is 4.74 Å². The molecule has 2 bridgehead atoms. The zero-order chi connectivity index (χ0) is 5.56. The van der Waals surface area contributed by atoms with Gasteiger partial charge in [-0.05, 0) is 25.2 Å². The number of hydrogen-bond acceptors (Lipinski definition) is 1. The summed E-state index contributed by atoms with van der Waals surface area (Å²) >= 11 is 0. The third kappa shape index (κ3) is 0.510. The molecule has 0 aromatic rings. The van der Waals surface area contributed by atoms with Crippen molar-refractivity contribution in [2.75, 3.05) is 0 Å². The molecule has 0 N–H and O–H groups in total. The first-order valence-electron chi connectivity index (χ1n) is 3.52. The molecule has 2 aliphatic heterocycles. The van der Waals surface area contributed by atoms with Gasteiger partial charge in [-0.1, -0.05) is 6.92 Å². The molecule has 2 saturated heterocycles. The molecule has 0 aliphatic carbocycles. The molecule has 1 heteroatoms. The maximum atomic E-state index is 5.58. The van der Waals surface area contributed by atoms with E-state index < -0.39 is 0 Å². The lowest BCUT2D eigenvalue weighted by atomic mass is 9.91. The Balaban J connectivity index is 2.11. The third-order valence-electron chi connectivity index (χ3n) is 2.41. The Bertz CT molecular complexity index is 98.6. The van der Waals surface area contributed by atoms with Gasteiger partial charge in [-0.15, -0.1) is 0 Å². The summed E-state index contributed by atoms with van der Waals surface area (Å²) in [5.74, 6) is 0.855. The lowest BCUT2D eigenvalue weighted by Gasteiger charge is -2.11. The van der Waals surface area contributed by atoms with Crippen molar-refractivity contribution in [1.82, 2.24) is 0 Å². The van der Waals surface area contributed by atoms with Crippen molar-refractivity contribution in [2.45, 2.75) is 38.4 Å². The van der Waals surface area contributed by atoms with Gasteiger partial charge >= 0.3 is 0 Å². The summed E-state index contributed by atoms with van der Waals surface area (Å²) in [7, 11) is 0. The predicted molar refractivity (Wildman–Crippen MR) is 31.7 cm³/mol. The summed E-state index contributed by atoms with van der Waals surface area (Å²) in [5, 5.41) is 0. The van der Waals surface area contributed by atoms with Crippen molar-refractivity contribution in [3.8, 4) is 0 Å². The minimum Gasteiger partial charge on any atom is -0.375 e. The van der Waals surface area contributed by atoms with Crippen LogP contribution in [-0.2, 0) is 4.74 Å². The molecule has 0 unspecified atom stereocenters. The van der Waals surface area contributed by atoms with Crippen LogP contribution < -0.4 is 0 Å². The van der Waals surface area contributed by atoms with Crippen molar-refractivity contribution in [3.63, 3.8) is 0 Å². The fraction of sp³-hybridized carbons (Fsp3) is 1.00. The number of fused-ring (bicyclic) bond motifs is 2. The largest absolute Gasteiger partial charge is 0.375 e. The molecule has 0 amide bonds. The Kier molecular flexibility index (Phi) is 0.884. The van der Waals surface area contributed by atoms with Gasteiger partial charge < -0.3 is 4.74 Å². The summed E-state index contributed by atoms with van der Waals surface area (Å²) in [4.78, 5) is 0. The second kappa shape index (κ2) is 1.47. The highest BCUT2D eigenvalue weighted by Gasteiger charge is 2.37. The van der Waals surface area contributed by atoms with Gasteiger partial charge in [-0.3, -0.25) is 0 Å². The Morgan fingerprint density at radius 2 is 2.25 bits per heavy atom. The monoisotopic (exact) mass is 112 g/mol. The average Bonchev–Trinajstić information content (AvgIpc) is 2.23. The molecule has 2 aliphatic rings. The van der Waals surface area contributed by atoms with E-state index in [9.17, 15) is 0 Å². The Morgan fingerprint density at radius 1 is 1.38 bits per heavy atom. The van der Waals surface area contributed by atoms with E-state index in [2.05, 4.69) is 6.92 Å². The predicted octanol–water partition coefficient (Wildman–Crippen LogP) is 1.57. The van der Waals surface area contributed by atoms with Crippen LogP contribution in [0.2, 0.25) is 0 Å². The lowest BCUT2D eigenvalue weighted by molar-refractivity contribution is 0.0949. The zero-order valence-corrected chi connectivity index (χ0v) is 5.26. The van der Waals surface area contributed by atoms with Gasteiger partial charge in [0, 0.05) is 0 Å². The molecular formula is C7H12O. The molecule has 46 valence electrons. The molecule has 0 spiro atoms. The fourth-order valence-electron chi connectivity index (χ4n) is 1.89. The first kappa shape index (κ1) is 4.80. The van der Waals surface area contributed by atoms with Crippen LogP contribution in [-0.4, -0.2) is 12.2 Å². The Labute approximate surface area is 50.0 Å². The quantitative estimate of drug-likeness (QED) is 0.462. The normalized spacial score (nSPS) is 52.9. The molecule has 2 rings (SSSR count). The second-order valence-electron chi connectivity index (χ2n) is 3.09. The van der Waals surface area contributed by atoms with E-state index in [1.54, 1.807) is 0 Å². The molecule has 0 aromatic heterocycles. The molecule has 0 radical (unpaired) electrons. The smallest absolute Gasteiger partial charge is 0.0606 e. The molecule has 8 heavy (non-hydrogen) atoms. The van der Waals surface area contributed by atoms with Gasteiger partial charge in [0.1, 0.15) is 0 Å². The van der Waals surface area contributed by atoms with Crippen LogP contribution in [0.4, 0.5) is 0 Å². The molecular weight excluding hydrogens is 100 g/mol. The van der Waals surface area contributed by atoms with Crippen molar-refractivity contribution in [3.05, 3.63) is 0 Å². The van der Waals surface area contributed by atoms with E-state index >= 15 is 0 Å². The molecule has 1 nitrogen and oxygen atoms in total. The van der Waals surface area contributed by atoms with Crippen LogP contribution in [0.25, 0.3) is 0 Å². The Morgan fingerprint density at radius 3 is 2.50 bits per heavy atom. The van der Waals surface area contributed by atoms with Gasteiger partial charge in [0.05, 0.1) is 12.2 Å². The lowest BCUT2D eigenvalue weighted by Crippen LogP contribution is -2.11. The van der Waals surface area contributed by atoms with Gasteiger partial charge in [0.15, 0.2) is 0 Å². The summed E-state index contributed by atoms with van der Waals surface area (Å²) in [5.41, 5.74) is 0. The van der Waals surface area contributed by atoms with E-state index in [4.69, 9.17) is 4.74 Å². The van der Waals surface area contributed by atoms with E-state index in [-0.39, 0.29) is 0 Å². The van der Waals surface area contributed by atoms with Crippen LogP contribution in [0.1, 0.15) is 26.2 Å². The van der Waals surface area contributed by atoms with Crippen LogP contribution in [0.15, 0.2) is 0 Å². The third-order valence-corrected chi connectivity index (χ3v) is 2.41. The summed E-state index contributed by atoms with van der Waals surface area (Å²) in [6, 6.07) is 0. The molecule has 0 aromatic carbocycles. The highest BCUT2D eigenvalue weighted by atomic mass is 16.5. The fourth-order valence-corrected chi connectivity index (χ4v) is 1.89. The van der Waals surface area contributed by atoms with Crippen molar-refractivity contribution >= 4 is 0 Å². The van der Waals surface area contributed by atoms with Gasteiger partial charge in [-0.2, -0.15) is 0 Å². The van der Waals surface area contributed by atoms with E-state index in [1.165, 1.54) is 19.3 Å². The van der Waals surface area contributed by atoms with Gasteiger partial charge in [0.2, 0.25) is 0 Å². The molecule has 2 heterocycles. The zero-order valence-electron chi connectivity index (χ0n) is 5.26. The van der Waals surface area contributed by atoms with Crippen molar-refractivity contribution in [1.29, 1.82) is 0 Å². The van der Waals surface area contributed by atoms with E-state index in [0.29, 0.717) is 12.2 Å². The number of hydrogen-bond donors (Lipinski definition) is 0. The van der Waals surface area contributed by atoms with Crippen LogP contribution >= 0.6 is 0 Å². The summed E-state index contributed by atoms with van der Waals surface area (Å²) in [6.07, 6.45) is 5.26. The highest BCUT2D eigenvalue weighted by Crippen LogP contribution is 2.37. The van der Waals surface area contributed by atoms with E-state index in [1.807, 2.05) is 0 Å². The van der Waals surface area contributed by atoms with Crippen molar-refractivity contribution in [2.24, 2.45) is 5.92 Å². The number of ether oxygens (including phenoxy) is 1. The average molecular weight is 112 g/mol. The summed E-state index contributed by atoms with van der Waals surface area (Å²) in [6.45, 7) is 2.30. The topological polar surface area (TPSA) is 9.23 Å². The Hall–Kier alpha value is -0.0400. The van der Waals surface area contributed by atoms with Gasteiger partial charge in [-0.25, -0.2) is 0 Å². The van der Waals surface area contributed by atoms with Gasteiger partial charge in [0.25, 0.3) is 0 Å². The first-order valence-corrected chi connectivity index (χ1v) is 3.52. The van der Waals surface area contributed by atoms with Crippen LogP contribution in [0.3, 0.4) is 0 Å². The second-order valence-corrected chi connectivity index (χ2v) is 3.09. The first-order chi connectivity index (χ1) is 3.86. The minimum atomic E-state index is 0.639. The SMILES string of the molecule is C[C@@H]1C[C@@H]2CC[C@H]1O2. The maximum Gasteiger partial charge on any atom is 0.0606 e.